The van der Waals surface area contributed by atoms with Crippen molar-refractivity contribution in [2.75, 3.05) is 0 Å². The predicted molar refractivity (Wildman–Crippen MR) is 56.3 cm³/mol. The number of hydrogen-bond acceptors (Lipinski definition) is 2. The maximum Gasteiger partial charge on any atom is 0.174 e. The van der Waals surface area contributed by atoms with Crippen LogP contribution in [0.25, 0.3) is 21.7 Å². The molecule has 2 heteroatoms. The highest BCUT2D eigenvalue weighted by Crippen LogP contribution is 2.26. The first-order valence-corrected chi connectivity index (χ1v) is 4.60. The van der Waals surface area contributed by atoms with Crippen molar-refractivity contribution >= 4 is 21.7 Å². The zero-order chi connectivity index (χ0) is 9.54. The quantitative estimate of drug-likeness (QED) is 0.534. The summed E-state index contributed by atoms with van der Waals surface area (Å²) in [6, 6.07) is 12.3. The van der Waals surface area contributed by atoms with Gasteiger partial charge in [0.25, 0.3) is 0 Å². The molecule has 3 aromatic rings. The van der Waals surface area contributed by atoms with E-state index in [9.17, 15) is 0 Å². The fourth-order valence-electron chi connectivity index (χ4n) is 1.79. The van der Waals surface area contributed by atoms with Gasteiger partial charge in [0.15, 0.2) is 5.58 Å². The minimum atomic E-state index is 0.889. The van der Waals surface area contributed by atoms with E-state index in [0.717, 1.165) is 22.0 Å². The molecule has 0 bridgehead atoms. The summed E-state index contributed by atoms with van der Waals surface area (Å²) in [5, 5.41) is 7.39. The Morgan fingerprint density at radius 1 is 1.00 bits per heavy atom. The van der Waals surface area contributed by atoms with Gasteiger partial charge in [-0.3, -0.25) is 0 Å². The number of benzene rings is 2. The van der Waals surface area contributed by atoms with Crippen molar-refractivity contribution in [3.63, 3.8) is 0 Å². The number of fused-ring (bicyclic) bond motifs is 3. The van der Waals surface area contributed by atoms with Crippen molar-refractivity contribution in [1.29, 1.82) is 0 Å². The molecule has 0 radical (unpaired) electrons. The second kappa shape index (κ2) is 2.58. The highest BCUT2D eigenvalue weighted by atomic mass is 16.5. The smallest absolute Gasteiger partial charge is 0.174 e. The summed E-state index contributed by atoms with van der Waals surface area (Å²) >= 11 is 0. The van der Waals surface area contributed by atoms with Gasteiger partial charge in [0.2, 0.25) is 0 Å². The van der Waals surface area contributed by atoms with Crippen LogP contribution in [0.2, 0.25) is 0 Å². The molecule has 0 aliphatic rings. The molecule has 0 aliphatic carbocycles. The number of aryl methyl sites for hydroxylation is 1. The molecular formula is C12H9NO. The van der Waals surface area contributed by atoms with E-state index in [1.807, 2.05) is 19.1 Å². The van der Waals surface area contributed by atoms with E-state index in [2.05, 4.69) is 29.4 Å². The second-order valence-corrected chi connectivity index (χ2v) is 3.43. The maximum atomic E-state index is 5.31. The van der Waals surface area contributed by atoms with Crippen molar-refractivity contribution in [3.05, 3.63) is 42.1 Å². The molecule has 0 saturated heterocycles. The van der Waals surface area contributed by atoms with Gasteiger partial charge in [0, 0.05) is 10.8 Å². The van der Waals surface area contributed by atoms with Gasteiger partial charge in [0.1, 0.15) is 0 Å². The first-order chi connectivity index (χ1) is 6.86. The van der Waals surface area contributed by atoms with Crippen LogP contribution in [0.15, 0.2) is 40.9 Å². The zero-order valence-electron chi connectivity index (χ0n) is 7.82. The first-order valence-electron chi connectivity index (χ1n) is 4.60. The van der Waals surface area contributed by atoms with Crippen LogP contribution in [0.3, 0.4) is 0 Å². The molecule has 3 rings (SSSR count). The zero-order valence-corrected chi connectivity index (χ0v) is 7.82. The molecule has 14 heavy (non-hydrogen) atoms. The average molecular weight is 183 g/mol. The van der Waals surface area contributed by atoms with Crippen molar-refractivity contribution in [3.8, 4) is 0 Å². The Kier molecular flexibility index (Phi) is 1.39. The Bertz CT molecular complexity index is 610. The summed E-state index contributed by atoms with van der Waals surface area (Å²) in [5.74, 6) is 0. The standard InChI is InChI=1S/C12H9NO/c1-8-10-7-6-9-4-2-3-5-11(9)12(10)14-13-8/h2-7H,1H3. The van der Waals surface area contributed by atoms with Crippen LogP contribution in [0, 0.1) is 6.92 Å². The van der Waals surface area contributed by atoms with Gasteiger partial charge < -0.3 is 4.52 Å². The molecule has 0 unspecified atom stereocenters. The lowest BCUT2D eigenvalue weighted by atomic mass is 10.1. The molecule has 2 nitrogen and oxygen atoms in total. The molecule has 0 amide bonds. The van der Waals surface area contributed by atoms with Crippen LogP contribution in [-0.4, -0.2) is 5.16 Å². The molecule has 0 atom stereocenters. The van der Waals surface area contributed by atoms with E-state index in [-0.39, 0.29) is 0 Å². The van der Waals surface area contributed by atoms with E-state index in [1.54, 1.807) is 0 Å². The van der Waals surface area contributed by atoms with Crippen molar-refractivity contribution in [2.24, 2.45) is 0 Å². The molecule has 0 fully saturated rings. The lowest BCUT2D eigenvalue weighted by molar-refractivity contribution is 0.452. The first kappa shape index (κ1) is 7.56. The third-order valence-corrected chi connectivity index (χ3v) is 2.54. The van der Waals surface area contributed by atoms with Gasteiger partial charge in [-0.15, -0.1) is 0 Å². The minimum absolute atomic E-state index is 0.889. The summed E-state index contributed by atoms with van der Waals surface area (Å²) in [6.45, 7) is 1.96. The molecule has 0 spiro atoms. The van der Waals surface area contributed by atoms with Gasteiger partial charge in [0.05, 0.1) is 5.69 Å². The van der Waals surface area contributed by atoms with Crippen molar-refractivity contribution in [1.82, 2.24) is 5.16 Å². The Morgan fingerprint density at radius 3 is 2.79 bits per heavy atom. The van der Waals surface area contributed by atoms with E-state index >= 15 is 0 Å². The van der Waals surface area contributed by atoms with E-state index in [0.29, 0.717) is 0 Å². The van der Waals surface area contributed by atoms with E-state index in [4.69, 9.17) is 4.52 Å². The van der Waals surface area contributed by atoms with Crippen LogP contribution in [-0.2, 0) is 0 Å². The third kappa shape index (κ3) is 0.880. The highest BCUT2D eigenvalue weighted by molar-refractivity contribution is 6.04. The fraction of sp³-hybridized carbons (Fsp3) is 0.0833. The number of rotatable bonds is 0. The van der Waals surface area contributed by atoms with Crippen LogP contribution < -0.4 is 0 Å². The van der Waals surface area contributed by atoms with Crippen LogP contribution >= 0.6 is 0 Å². The number of nitrogens with zero attached hydrogens (tertiary/aromatic N) is 1. The van der Waals surface area contributed by atoms with E-state index < -0.39 is 0 Å². The monoisotopic (exact) mass is 183 g/mol. The number of aromatic nitrogens is 1. The molecule has 1 aromatic heterocycles. The Morgan fingerprint density at radius 2 is 1.86 bits per heavy atom. The summed E-state index contributed by atoms with van der Waals surface area (Å²) in [4.78, 5) is 0. The molecule has 1 heterocycles. The van der Waals surface area contributed by atoms with Gasteiger partial charge in [-0.25, -0.2) is 0 Å². The van der Waals surface area contributed by atoms with Gasteiger partial charge in [-0.05, 0) is 18.4 Å². The summed E-state index contributed by atoms with van der Waals surface area (Å²) in [7, 11) is 0. The minimum Gasteiger partial charge on any atom is -0.355 e. The SMILES string of the molecule is Cc1noc2c1ccc1ccccc12. The third-order valence-electron chi connectivity index (χ3n) is 2.54. The van der Waals surface area contributed by atoms with E-state index in [1.165, 1.54) is 5.39 Å². The molecular weight excluding hydrogens is 174 g/mol. The van der Waals surface area contributed by atoms with Gasteiger partial charge in [-0.2, -0.15) is 0 Å². The highest BCUT2D eigenvalue weighted by Gasteiger charge is 2.06. The Labute approximate surface area is 81.1 Å². The molecule has 0 aliphatic heterocycles. The van der Waals surface area contributed by atoms with Crippen molar-refractivity contribution in [2.45, 2.75) is 6.92 Å². The largest absolute Gasteiger partial charge is 0.355 e. The molecule has 68 valence electrons. The molecule has 0 saturated carbocycles. The summed E-state index contributed by atoms with van der Waals surface area (Å²) in [5.41, 5.74) is 1.84. The van der Waals surface area contributed by atoms with Crippen LogP contribution in [0.5, 0.6) is 0 Å². The Balaban J connectivity index is 2.61. The molecule has 0 N–H and O–H groups in total. The Hall–Kier alpha value is -1.83. The fourth-order valence-corrected chi connectivity index (χ4v) is 1.79. The summed E-state index contributed by atoms with van der Waals surface area (Å²) in [6.07, 6.45) is 0. The van der Waals surface area contributed by atoms with Gasteiger partial charge >= 0.3 is 0 Å². The predicted octanol–water partition coefficient (Wildman–Crippen LogP) is 3.29. The number of hydrogen-bond donors (Lipinski definition) is 0. The molecule has 2 aromatic carbocycles. The van der Waals surface area contributed by atoms with Crippen LogP contribution in [0.1, 0.15) is 5.69 Å². The maximum absolute atomic E-state index is 5.31. The summed E-state index contributed by atoms with van der Waals surface area (Å²) < 4.78 is 5.31. The van der Waals surface area contributed by atoms with Gasteiger partial charge in [-0.1, -0.05) is 35.5 Å². The second-order valence-electron chi connectivity index (χ2n) is 3.43. The lowest BCUT2D eigenvalue weighted by Crippen LogP contribution is -1.73. The average Bonchev–Trinajstić information content (AvgIpc) is 2.61. The topological polar surface area (TPSA) is 26.0 Å². The van der Waals surface area contributed by atoms with Crippen LogP contribution in [0.4, 0.5) is 0 Å². The lowest BCUT2D eigenvalue weighted by Gasteiger charge is -1.96. The van der Waals surface area contributed by atoms with Crippen molar-refractivity contribution < 1.29 is 4.52 Å². The normalized spacial score (nSPS) is 11.2.